The number of nitrogens with zero attached hydrogens (tertiary/aromatic N) is 2. The number of hydrogen-bond donors (Lipinski definition) is 1. The van der Waals surface area contributed by atoms with E-state index in [0.29, 0.717) is 12.5 Å². The fourth-order valence-corrected chi connectivity index (χ4v) is 3.82. The number of aromatic nitrogens is 2. The Hall–Kier alpha value is -0.910. The summed E-state index contributed by atoms with van der Waals surface area (Å²) in [6.45, 7) is 6.83. The van der Waals surface area contributed by atoms with Crippen LogP contribution in [-0.2, 0) is 5.75 Å². The van der Waals surface area contributed by atoms with Gasteiger partial charge in [-0.3, -0.25) is 0 Å². The molecule has 0 fully saturated rings. The molecule has 0 bridgehead atoms. The molecule has 1 atom stereocenters. The Balaban J connectivity index is 2.17. The zero-order chi connectivity index (χ0) is 15.4. The Bertz CT molecular complexity index is 608. The van der Waals surface area contributed by atoms with E-state index in [1.807, 2.05) is 32.0 Å². The van der Waals surface area contributed by atoms with E-state index in [2.05, 4.69) is 38.9 Å². The van der Waals surface area contributed by atoms with E-state index in [1.165, 1.54) is 10.5 Å². The minimum Gasteiger partial charge on any atom is -0.330 e. The summed E-state index contributed by atoms with van der Waals surface area (Å²) in [7, 11) is 0. The Morgan fingerprint density at radius 1 is 1.19 bits per heavy atom. The minimum atomic E-state index is 0.301. The van der Waals surface area contributed by atoms with Crippen LogP contribution in [-0.4, -0.2) is 16.5 Å². The summed E-state index contributed by atoms with van der Waals surface area (Å²) in [6, 6.07) is 8.20. The molecule has 2 N–H and O–H groups in total. The molecule has 0 aliphatic heterocycles. The van der Waals surface area contributed by atoms with Crippen molar-refractivity contribution in [3.8, 4) is 0 Å². The number of halogens is 1. The smallest absolute Gasteiger partial charge is 0.139 e. The number of nitrogens with two attached hydrogens (primary N) is 1. The standard InChI is InChI=1S/C16H20BrN3S/c1-10(8-18)16-11(2)19-15(20-12(16)3)9-21-14-7-5-4-6-13(14)17/h4-7,10H,8-9,18H2,1-3H3. The number of benzene rings is 1. The normalized spacial score (nSPS) is 12.4. The topological polar surface area (TPSA) is 51.8 Å². The van der Waals surface area contributed by atoms with Gasteiger partial charge in [-0.1, -0.05) is 19.1 Å². The molecular formula is C16H20BrN3S. The SMILES string of the molecule is Cc1nc(CSc2ccccc2Br)nc(C)c1C(C)CN. The summed E-state index contributed by atoms with van der Waals surface area (Å²) in [6.07, 6.45) is 0. The highest BCUT2D eigenvalue weighted by molar-refractivity contribution is 9.10. The highest BCUT2D eigenvalue weighted by Gasteiger charge is 2.14. The lowest BCUT2D eigenvalue weighted by Gasteiger charge is -2.15. The van der Waals surface area contributed by atoms with Crippen LogP contribution in [0.4, 0.5) is 0 Å². The summed E-state index contributed by atoms with van der Waals surface area (Å²) in [5.41, 5.74) is 9.04. The van der Waals surface area contributed by atoms with E-state index >= 15 is 0 Å². The van der Waals surface area contributed by atoms with Crippen LogP contribution < -0.4 is 5.73 Å². The maximum absolute atomic E-state index is 5.77. The van der Waals surface area contributed by atoms with Crippen molar-refractivity contribution < 1.29 is 0 Å². The van der Waals surface area contributed by atoms with Crippen LogP contribution in [0.3, 0.4) is 0 Å². The highest BCUT2D eigenvalue weighted by Crippen LogP contribution is 2.29. The Kier molecular flexibility index (Phi) is 5.79. The third-order valence-electron chi connectivity index (χ3n) is 3.41. The van der Waals surface area contributed by atoms with Gasteiger partial charge in [0.15, 0.2) is 0 Å². The van der Waals surface area contributed by atoms with E-state index in [-0.39, 0.29) is 0 Å². The van der Waals surface area contributed by atoms with Crippen molar-refractivity contribution in [1.82, 2.24) is 9.97 Å². The molecule has 0 amide bonds. The van der Waals surface area contributed by atoms with Crippen LogP contribution in [0, 0.1) is 13.8 Å². The maximum atomic E-state index is 5.77. The fourth-order valence-electron chi connectivity index (χ4n) is 2.39. The molecule has 1 aromatic carbocycles. The lowest BCUT2D eigenvalue weighted by molar-refractivity contribution is 0.736. The molecule has 0 spiro atoms. The van der Waals surface area contributed by atoms with Gasteiger partial charge in [0.2, 0.25) is 0 Å². The van der Waals surface area contributed by atoms with Crippen molar-refractivity contribution in [2.75, 3.05) is 6.54 Å². The van der Waals surface area contributed by atoms with Gasteiger partial charge in [-0.15, -0.1) is 11.8 Å². The van der Waals surface area contributed by atoms with Gasteiger partial charge in [0.1, 0.15) is 5.82 Å². The molecule has 5 heteroatoms. The molecule has 0 saturated heterocycles. The number of aryl methyl sites for hydroxylation is 2. The first-order chi connectivity index (χ1) is 10.0. The van der Waals surface area contributed by atoms with Crippen molar-refractivity contribution in [2.45, 2.75) is 37.3 Å². The monoisotopic (exact) mass is 365 g/mol. The van der Waals surface area contributed by atoms with Crippen LogP contribution in [0.5, 0.6) is 0 Å². The van der Waals surface area contributed by atoms with Gasteiger partial charge < -0.3 is 5.73 Å². The molecule has 3 nitrogen and oxygen atoms in total. The summed E-state index contributed by atoms with van der Waals surface area (Å²) < 4.78 is 1.11. The van der Waals surface area contributed by atoms with Crippen LogP contribution >= 0.6 is 27.7 Å². The van der Waals surface area contributed by atoms with Gasteiger partial charge in [-0.2, -0.15) is 0 Å². The lowest BCUT2D eigenvalue weighted by atomic mass is 9.98. The molecular weight excluding hydrogens is 346 g/mol. The second-order valence-electron chi connectivity index (χ2n) is 5.08. The molecule has 1 aromatic heterocycles. The Morgan fingerprint density at radius 2 is 1.81 bits per heavy atom. The molecule has 21 heavy (non-hydrogen) atoms. The molecule has 0 aliphatic carbocycles. The number of hydrogen-bond acceptors (Lipinski definition) is 4. The van der Waals surface area contributed by atoms with Crippen LogP contribution in [0.15, 0.2) is 33.6 Å². The van der Waals surface area contributed by atoms with E-state index in [4.69, 9.17) is 5.73 Å². The second-order valence-corrected chi connectivity index (χ2v) is 6.95. The first-order valence-corrected chi connectivity index (χ1v) is 8.72. The van der Waals surface area contributed by atoms with E-state index < -0.39 is 0 Å². The molecule has 112 valence electrons. The van der Waals surface area contributed by atoms with Crippen molar-refractivity contribution in [1.29, 1.82) is 0 Å². The molecule has 2 aromatic rings. The number of rotatable bonds is 5. The predicted octanol–water partition coefficient (Wildman–Crippen LogP) is 4.21. The number of thioether (sulfide) groups is 1. The van der Waals surface area contributed by atoms with Crippen molar-refractivity contribution in [3.63, 3.8) is 0 Å². The molecule has 1 unspecified atom stereocenters. The molecule has 0 aliphatic rings. The van der Waals surface area contributed by atoms with Crippen molar-refractivity contribution in [2.24, 2.45) is 5.73 Å². The summed E-state index contributed by atoms with van der Waals surface area (Å²) >= 11 is 5.30. The molecule has 0 saturated carbocycles. The van der Waals surface area contributed by atoms with Gasteiger partial charge >= 0.3 is 0 Å². The minimum absolute atomic E-state index is 0.301. The van der Waals surface area contributed by atoms with Crippen LogP contribution in [0.2, 0.25) is 0 Å². The molecule has 1 heterocycles. The first kappa shape index (κ1) is 16.5. The van der Waals surface area contributed by atoms with Gasteiger partial charge in [0.25, 0.3) is 0 Å². The molecule has 2 rings (SSSR count). The van der Waals surface area contributed by atoms with Crippen LogP contribution in [0.25, 0.3) is 0 Å². The fraction of sp³-hybridized carbons (Fsp3) is 0.375. The zero-order valence-electron chi connectivity index (χ0n) is 12.6. The predicted molar refractivity (Wildman–Crippen MR) is 92.7 cm³/mol. The van der Waals surface area contributed by atoms with Crippen LogP contribution in [0.1, 0.15) is 35.6 Å². The van der Waals surface area contributed by atoms with E-state index in [9.17, 15) is 0 Å². The van der Waals surface area contributed by atoms with E-state index in [1.54, 1.807) is 11.8 Å². The van der Waals surface area contributed by atoms with Crippen molar-refractivity contribution in [3.05, 3.63) is 51.5 Å². The summed E-state index contributed by atoms with van der Waals surface area (Å²) in [5.74, 6) is 1.94. The maximum Gasteiger partial charge on any atom is 0.139 e. The highest BCUT2D eigenvalue weighted by atomic mass is 79.9. The van der Waals surface area contributed by atoms with Crippen molar-refractivity contribution >= 4 is 27.7 Å². The largest absolute Gasteiger partial charge is 0.330 e. The lowest BCUT2D eigenvalue weighted by Crippen LogP contribution is -2.14. The van der Waals surface area contributed by atoms with Gasteiger partial charge in [0, 0.05) is 20.8 Å². The summed E-state index contributed by atoms with van der Waals surface area (Å²) in [5, 5.41) is 0. The average molecular weight is 366 g/mol. The zero-order valence-corrected chi connectivity index (χ0v) is 15.0. The Labute approximate surface area is 138 Å². The summed E-state index contributed by atoms with van der Waals surface area (Å²) in [4.78, 5) is 10.5. The third kappa shape index (κ3) is 4.05. The van der Waals surface area contributed by atoms with Gasteiger partial charge in [-0.05, 0) is 59.9 Å². The first-order valence-electron chi connectivity index (χ1n) is 6.94. The third-order valence-corrected chi connectivity index (χ3v) is 5.44. The Morgan fingerprint density at radius 3 is 2.38 bits per heavy atom. The average Bonchev–Trinajstić information content (AvgIpc) is 2.45. The molecule has 0 radical (unpaired) electrons. The van der Waals surface area contributed by atoms with E-state index in [0.717, 1.165) is 27.4 Å². The van der Waals surface area contributed by atoms with Gasteiger partial charge in [-0.25, -0.2) is 9.97 Å². The second kappa shape index (κ2) is 7.38. The van der Waals surface area contributed by atoms with Gasteiger partial charge in [0.05, 0.1) is 5.75 Å². The quantitative estimate of drug-likeness (QED) is 0.806.